The van der Waals surface area contributed by atoms with Gasteiger partial charge in [0.15, 0.2) is 0 Å². The van der Waals surface area contributed by atoms with Crippen LogP contribution in [0.1, 0.15) is 6.42 Å². The molecular formula is C7H12ClF2N. The quantitative estimate of drug-likeness (QED) is 0.612. The number of rotatable bonds is 1. The van der Waals surface area contributed by atoms with Gasteiger partial charge in [-0.15, -0.1) is 19.0 Å². The average Bonchev–Trinajstić information content (AvgIpc) is 1.87. The van der Waals surface area contributed by atoms with Gasteiger partial charge in [0.2, 0.25) is 0 Å². The summed E-state index contributed by atoms with van der Waals surface area (Å²) in [7, 11) is 0. The minimum atomic E-state index is -2.53. The number of alkyl halides is 2. The number of hydrogen-bond donors (Lipinski definition) is 1. The number of nitrogens with one attached hydrogen (secondary N) is 1. The molecule has 0 aromatic rings. The van der Waals surface area contributed by atoms with E-state index in [-0.39, 0.29) is 18.8 Å². The van der Waals surface area contributed by atoms with E-state index in [4.69, 9.17) is 0 Å². The van der Waals surface area contributed by atoms with Crippen LogP contribution < -0.4 is 5.32 Å². The van der Waals surface area contributed by atoms with Crippen molar-refractivity contribution >= 4 is 12.4 Å². The molecule has 11 heavy (non-hydrogen) atoms. The Morgan fingerprint density at radius 3 is 2.55 bits per heavy atom. The Morgan fingerprint density at radius 1 is 1.55 bits per heavy atom. The van der Waals surface area contributed by atoms with Gasteiger partial charge in [-0.1, -0.05) is 6.08 Å². The fraction of sp³-hybridized carbons (Fsp3) is 0.714. The minimum Gasteiger partial charge on any atom is -0.316 e. The van der Waals surface area contributed by atoms with E-state index in [2.05, 4.69) is 11.9 Å². The fourth-order valence-corrected chi connectivity index (χ4v) is 1.10. The van der Waals surface area contributed by atoms with Gasteiger partial charge in [0, 0.05) is 19.5 Å². The average molecular weight is 184 g/mol. The topological polar surface area (TPSA) is 12.0 Å². The molecule has 1 rings (SSSR count). The van der Waals surface area contributed by atoms with E-state index in [0.717, 1.165) is 0 Å². The first-order chi connectivity index (χ1) is 4.67. The van der Waals surface area contributed by atoms with Crippen LogP contribution in [-0.2, 0) is 0 Å². The van der Waals surface area contributed by atoms with Crippen molar-refractivity contribution in [1.29, 1.82) is 0 Å². The van der Waals surface area contributed by atoms with Crippen molar-refractivity contribution in [2.45, 2.75) is 12.3 Å². The number of halogens is 3. The van der Waals surface area contributed by atoms with Crippen LogP contribution in [-0.4, -0.2) is 19.0 Å². The van der Waals surface area contributed by atoms with Gasteiger partial charge in [-0.3, -0.25) is 0 Å². The maximum absolute atomic E-state index is 12.8. The normalized spacial score (nSPS) is 28.7. The van der Waals surface area contributed by atoms with Crippen LogP contribution in [0.3, 0.4) is 0 Å². The van der Waals surface area contributed by atoms with Crippen LogP contribution in [0.5, 0.6) is 0 Å². The predicted molar refractivity (Wildman–Crippen MR) is 43.4 cm³/mol. The molecular weight excluding hydrogens is 172 g/mol. The van der Waals surface area contributed by atoms with E-state index in [1.54, 1.807) is 0 Å². The smallest absolute Gasteiger partial charge is 0.256 e. The van der Waals surface area contributed by atoms with E-state index in [0.29, 0.717) is 13.1 Å². The highest BCUT2D eigenvalue weighted by molar-refractivity contribution is 5.85. The zero-order valence-corrected chi connectivity index (χ0v) is 6.96. The van der Waals surface area contributed by atoms with Crippen LogP contribution in [0.4, 0.5) is 8.78 Å². The van der Waals surface area contributed by atoms with Crippen molar-refractivity contribution in [3.05, 3.63) is 12.7 Å². The molecule has 0 amide bonds. The zero-order valence-electron chi connectivity index (χ0n) is 6.15. The SMILES string of the molecule is C=CC1CNCCC1(F)F.Cl. The lowest BCUT2D eigenvalue weighted by molar-refractivity contribution is -0.0601. The first-order valence-corrected chi connectivity index (χ1v) is 3.38. The van der Waals surface area contributed by atoms with Gasteiger partial charge in [0.05, 0.1) is 5.92 Å². The Hall–Kier alpha value is -0.150. The molecule has 0 aliphatic carbocycles. The molecule has 1 heterocycles. The largest absolute Gasteiger partial charge is 0.316 e. The van der Waals surface area contributed by atoms with Crippen molar-refractivity contribution in [1.82, 2.24) is 5.32 Å². The third kappa shape index (κ3) is 2.42. The van der Waals surface area contributed by atoms with Crippen LogP contribution >= 0.6 is 12.4 Å². The van der Waals surface area contributed by atoms with Crippen LogP contribution in [0, 0.1) is 5.92 Å². The highest BCUT2D eigenvalue weighted by atomic mass is 35.5. The van der Waals surface area contributed by atoms with Gasteiger partial charge in [0.1, 0.15) is 0 Å². The lowest BCUT2D eigenvalue weighted by Gasteiger charge is -2.29. The first-order valence-electron chi connectivity index (χ1n) is 3.38. The van der Waals surface area contributed by atoms with E-state index in [1.165, 1.54) is 6.08 Å². The Morgan fingerprint density at radius 2 is 2.18 bits per heavy atom. The van der Waals surface area contributed by atoms with Crippen LogP contribution in [0.25, 0.3) is 0 Å². The number of piperidine rings is 1. The molecule has 0 spiro atoms. The molecule has 1 atom stereocenters. The standard InChI is InChI=1S/C7H11F2N.ClH/c1-2-6-5-10-4-3-7(6,8)9;/h2,6,10H,1,3-5H2;1H. The summed E-state index contributed by atoms with van der Waals surface area (Å²) in [6.45, 7) is 4.13. The molecule has 1 unspecified atom stereocenters. The number of hydrogen-bond acceptors (Lipinski definition) is 1. The summed E-state index contributed by atoms with van der Waals surface area (Å²) in [6.07, 6.45) is 1.26. The van der Waals surface area contributed by atoms with Gasteiger partial charge in [-0.25, -0.2) is 8.78 Å². The molecule has 1 saturated heterocycles. The molecule has 0 saturated carbocycles. The molecule has 1 N–H and O–H groups in total. The molecule has 1 nitrogen and oxygen atoms in total. The fourth-order valence-electron chi connectivity index (χ4n) is 1.10. The van der Waals surface area contributed by atoms with Crippen LogP contribution in [0.15, 0.2) is 12.7 Å². The van der Waals surface area contributed by atoms with Crippen molar-refractivity contribution in [2.24, 2.45) is 5.92 Å². The molecule has 0 aromatic heterocycles. The van der Waals surface area contributed by atoms with E-state index >= 15 is 0 Å². The molecule has 1 fully saturated rings. The maximum Gasteiger partial charge on any atom is 0.256 e. The van der Waals surface area contributed by atoms with Gasteiger partial charge >= 0.3 is 0 Å². The summed E-state index contributed by atoms with van der Waals surface area (Å²) in [6, 6.07) is 0. The third-order valence-electron chi connectivity index (χ3n) is 1.83. The molecule has 1 aliphatic heterocycles. The summed E-state index contributed by atoms with van der Waals surface area (Å²) in [5.41, 5.74) is 0. The van der Waals surface area contributed by atoms with Crippen molar-refractivity contribution in [3.8, 4) is 0 Å². The summed E-state index contributed by atoms with van der Waals surface area (Å²) < 4.78 is 25.5. The Labute approximate surface area is 71.3 Å². The maximum atomic E-state index is 12.8. The summed E-state index contributed by atoms with van der Waals surface area (Å²) in [5, 5.41) is 2.89. The predicted octanol–water partition coefficient (Wildman–Crippen LogP) is 1.84. The molecule has 66 valence electrons. The first kappa shape index (κ1) is 10.8. The second-order valence-corrected chi connectivity index (χ2v) is 2.56. The monoisotopic (exact) mass is 183 g/mol. The van der Waals surface area contributed by atoms with E-state index in [1.807, 2.05) is 0 Å². The molecule has 0 radical (unpaired) electrons. The zero-order chi connectivity index (χ0) is 7.61. The molecule has 0 aromatic carbocycles. The highest BCUT2D eigenvalue weighted by Crippen LogP contribution is 2.30. The Kier molecular flexibility index (Phi) is 3.97. The summed E-state index contributed by atoms with van der Waals surface area (Å²) >= 11 is 0. The summed E-state index contributed by atoms with van der Waals surface area (Å²) in [5.74, 6) is -3.21. The highest BCUT2D eigenvalue weighted by Gasteiger charge is 2.39. The molecule has 0 bridgehead atoms. The van der Waals surface area contributed by atoms with Crippen molar-refractivity contribution in [2.75, 3.05) is 13.1 Å². The molecule has 1 aliphatic rings. The van der Waals surface area contributed by atoms with Gasteiger partial charge in [-0.2, -0.15) is 0 Å². The van der Waals surface area contributed by atoms with Gasteiger partial charge in [-0.05, 0) is 0 Å². The minimum absolute atomic E-state index is 0. The van der Waals surface area contributed by atoms with Crippen LogP contribution in [0.2, 0.25) is 0 Å². The van der Waals surface area contributed by atoms with Crippen molar-refractivity contribution in [3.63, 3.8) is 0 Å². The Bertz CT molecular complexity index is 138. The van der Waals surface area contributed by atoms with E-state index in [9.17, 15) is 8.78 Å². The lowest BCUT2D eigenvalue weighted by Crippen LogP contribution is -2.43. The van der Waals surface area contributed by atoms with Gasteiger partial charge in [0.25, 0.3) is 5.92 Å². The second-order valence-electron chi connectivity index (χ2n) is 2.56. The third-order valence-corrected chi connectivity index (χ3v) is 1.83. The molecule has 4 heteroatoms. The van der Waals surface area contributed by atoms with Gasteiger partial charge < -0.3 is 5.32 Å². The Balaban J connectivity index is 0.000001000. The summed E-state index contributed by atoms with van der Waals surface area (Å²) in [4.78, 5) is 0. The van der Waals surface area contributed by atoms with E-state index < -0.39 is 11.8 Å². The van der Waals surface area contributed by atoms with Crippen molar-refractivity contribution < 1.29 is 8.78 Å². The second kappa shape index (κ2) is 4.02. The lowest BCUT2D eigenvalue weighted by atomic mass is 9.95.